The zero-order valence-electron chi connectivity index (χ0n) is 15.6. The van der Waals surface area contributed by atoms with Crippen LogP contribution in [-0.2, 0) is 15.6 Å². The zero-order chi connectivity index (χ0) is 19.4. The average molecular weight is 391 g/mol. The van der Waals surface area contributed by atoms with Gasteiger partial charge in [-0.25, -0.2) is 8.42 Å². The molecular formula is C20H25NO5S. The molecule has 2 unspecified atom stereocenters. The summed E-state index contributed by atoms with van der Waals surface area (Å²) in [6.07, 6.45) is 4.38. The molecule has 1 aliphatic rings. The molecular weight excluding hydrogens is 366 g/mol. The summed E-state index contributed by atoms with van der Waals surface area (Å²) in [6.45, 7) is 2.14. The molecule has 3 rings (SSSR count). The fourth-order valence-electron chi connectivity index (χ4n) is 3.40. The standard InChI is InChI=1S/C20H25NO5S/c1-14-5-3-4-6-18(14)21-20(22)19-12-9-16(26-19)13-27(23,24)17-10-7-15(25-2)8-11-17/h7-12,14,18H,3-6,13H2,1-2H3,(H,21,22). The smallest absolute Gasteiger partial charge is 0.287 e. The molecule has 0 bridgehead atoms. The summed E-state index contributed by atoms with van der Waals surface area (Å²) in [7, 11) is -2.05. The van der Waals surface area contributed by atoms with Crippen LogP contribution in [0.2, 0.25) is 0 Å². The molecule has 1 aromatic carbocycles. The molecule has 1 aromatic heterocycles. The van der Waals surface area contributed by atoms with E-state index in [9.17, 15) is 13.2 Å². The molecule has 146 valence electrons. The van der Waals surface area contributed by atoms with Gasteiger partial charge in [-0.05, 0) is 55.2 Å². The molecule has 0 radical (unpaired) electrons. The number of sulfone groups is 1. The fraction of sp³-hybridized carbons (Fsp3) is 0.450. The molecule has 2 atom stereocenters. The Hall–Kier alpha value is -2.28. The van der Waals surface area contributed by atoms with Crippen LogP contribution in [0.1, 0.15) is 48.9 Å². The molecule has 1 amide bonds. The second-order valence-electron chi connectivity index (χ2n) is 7.04. The fourth-order valence-corrected chi connectivity index (χ4v) is 4.65. The van der Waals surface area contributed by atoms with Gasteiger partial charge in [0.1, 0.15) is 17.3 Å². The van der Waals surface area contributed by atoms with Gasteiger partial charge in [0.15, 0.2) is 15.6 Å². The summed E-state index contributed by atoms with van der Waals surface area (Å²) >= 11 is 0. The van der Waals surface area contributed by atoms with E-state index in [-0.39, 0.29) is 34.1 Å². The largest absolute Gasteiger partial charge is 0.497 e. The number of ether oxygens (including phenoxy) is 1. The van der Waals surface area contributed by atoms with Crippen molar-refractivity contribution in [1.29, 1.82) is 0 Å². The van der Waals surface area contributed by atoms with Gasteiger partial charge in [0.2, 0.25) is 0 Å². The van der Waals surface area contributed by atoms with E-state index in [1.165, 1.54) is 31.7 Å². The molecule has 1 heterocycles. The van der Waals surface area contributed by atoms with Gasteiger partial charge in [0, 0.05) is 6.04 Å². The highest BCUT2D eigenvalue weighted by Gasteiger charge is 2.25. The van der Waals surface area contributed by atoms with Crippen LogP contribution in [-0.4, -0.2) is 27.5 Å². The molecule has 0 spiro atoms. The van der Waals surface area contributed by atoms with Crippen LogP contribution in [0.15, 0.2) is 45.7 Å². The van der Waals surface area contributed by atoms with Crippen LogP contribution in [0.3, 0.4) is 0 Å². The van der Waals surface area contributed by atoms with E-state index in [2.05, 4.69) is 12.2 Å². The van der Waals surface area contributed by atoms with E-state index in [1.54, 1.807) is 18.2 Å². The highest BCUT2D eigenvalue weighted by atomic mass is 32.2. The van der Waals surface area contributed by atoms with Crippen molar-refractivity contribution < 1.29 is 22.4 Å². The third kappa shape index (κ3) is 4.71. The van der Waals surface area contributed by atoms with Gasteiger partial charge in [-0.15, -0.1) is 0 Å². The molecule has 1 fully saturated rings. The highest BCUT2D eigenvalue weighted by Crippen LogP contribution is 2.25. The third-order valence-electron chi connectivity index (χ3n) is 5.06. The van der Waals surface area contributed by atoms with Crippen molar-refractivity contribution in [3.05, 3.63) is 47.9 Å². The number of benzene rings is 1. The topological polar surface area (TPSA) is 85.6 Å². The quantitative estimate of drug-likeness (QED) is 0.814. The van der Waals surface area contributed by atoms with Crippen molar-refractivity contribution in [2.75, 3.05) is 7.11 Å². The summed E-state index contributed by atoms with van der Waals surface area (Å²) in [4.78, 5) is 12.6. The van der Waals surface area contributed by atoms with Gasteiger partial charge in [-0.1, -0.05) is 19.8 Å². The molecule has 7 heteroatoms. The molecule has 0 aliphatic heterocycles. The van der Waals surface area contributed by atoms with Gasteiger partial charge < -0.3 is 14.5 Å². The summed E-state index contributed by atoms with van der Waals surface area (Å²) in [5.74, 6) is 0.824. The van der Waals surface area contributed by atoms with Crippen LogP contribution in [0.4, 0.5) is 0 Å². The highest BCUT2D eigenvalue weighted by molar-refractivity contribution is 7.90. The maximum atomic E-state index is 12.5. The number of methoxy groups -OCH3 is 1. The minimum Gasteiger partial charge on any atom is -0.497 e. The lowest BCUT2D eigenvalue weighted by molar-refractivity contribution is 0.0880. The molecule has 6 nitrogen and oxygen atoms in total. The van der Waals surface area contributed by atoms with E-state index >= 15 is 0 Å². The molecule has 1 N–H and O–H groups in total. The number of amides is 1. The molecule has 1 aliphatic carbocycles. The predicted octanol–water partition coefficient (Wildman–Crippen LogP) is 3.57. The minimum absolute atomic E-state index is 0.142. The third-order valence-corrected chi connectivity index (χ3v) is 6.72. The summed E-state index contributed by atoms with van der Waals surface area (Å²) in [5.41, 5.74) is 0. The Kier molecular flexibility index (Phi) is 5.89. The van der Waals surface area contributed by atoms with E-state index in [0.717, 1.165) is 19.3 Å². The molecule has 1 saturated carbocycles. The second-order valence-corrected chi connectivity index (χ2v) is 9.03. The Morgan fingerprint density at radius 2 is 1.85 bits per heavy atom. The number of carbonyl (C=O) groups excluding carboxylic acids is 1. The van der Waals surface area contributed by atoms with Crippen molar-refractivity contribution >= 4 is 15.7 Å². The van der Waals surface area contributed by atoms with Gasteiger partial charge in [-0.3, -0.25) is 4.79 Å². The average Bonchev–Trinajstić information content (AvgIpc) is 3.11. The second kappa shape index (κ2) is 8.17. The number of hydrogen-bond donors (Lipinski definition) is 1. The van der Waals surface area contributed by atoms with Gasteiger partial charge in [-0.2, -0.15) is 0 Å². The number of carbonyl (C=O) groups is 1. The summed E-state index contributed by atoms with van der Waals surface area (Å²) in [6, 6.07) is 9.40. The van der Waals surface area contributed by atoms with Crippen LogP contribution < -0.4 is 10.1 Å². The molecule has 0 saturated heterocycles. The van der Waals surface area contributed by atoms with Gasteiger partial charge >= 0.3 is 0 Å². The lowest BCUT2D eigenvalue weighted by Gasteiger charge is -2.29. The Morgan fingerprint density at radius 1 is 1.15 bits per heavy atom. The first kappa shape index (κ1) is 19.5. The normalized spacial score (nSPS) is 20.2. The minimum atomic E-state index is -3.57. The van der Waals surface area contributed by atoms with Gasteiger partial charge in [0.25, 0.3) is 5.91 Å². The summed E-state index contributed by atoms with van der Waals surface area (Å²) < 4.78 is 35.6. The first-order chi connectivity index (χ1) is 12.9. The summed E-state index contributed by atoms with van der Waals surface area (Å²) in [5, 5.41) is 3.01. The molecule has 27 heavy (non-hydrogen) atoms. The predicted molar refractivity (Wildman–Crippen MR) is 101 cm³/mol. The van der Waals surface area contributed by atoms with Crippen LogP contribution in [0.25, 0.3) is 0 Å². The Morgan fingerprint density at radius 3 is 2.52 bits per heavy atom. The monoisotopic (exact) mass is 391 g/mol. The SMILES string of the molecule is COc1ccc(S(=O)(=O)Cc2ccc(C(=O)NC3CCCCC3C)o2)cc1. The zero-order valence-corrected chi connectivity index (χ0v) is 16.4. The van der Waals surface area contributed by atoms with E-state index < -0.39 is 9.84 Å². The molecule has 2 aromatic rings. The van der Waals surface area contributed by atoms with E-state index in [0.29, 0.717) is 11.7 Å². The number of rotatable bonds is 6. The van der Waals surface area contributed by atoms with Crippen molar-refractivity contribution in [1.82, 2.24) is 5.32 Å². The van der Waals surface area contributed by atoms with E-state index in [1.807, 2.05) is 0 Å². The van der Waals surface area contributed by atoms with Crippen molar-refractivity contribution in [2.24, 2.45) is 5.92 Å². The maximum absolute atomic E-state index is 12.5. The van der Waals surface area contributed by atoms with Crippen molar-refractivity contribution in [2.45, 2.75) is 49.3 Å². The lowest BCUT2D eigenvalue weighted by Crippen LogP contribution is -2.40. The van der Waals surface area contributed by atoms with Gasteiger partial charge in [0.05, 0.1) is 12.0 Å². The number of hydrogen-bond acceptors (Lipinski definition) is 5. The van der Waals surface area contributed by atoms with Crippen molar-refractivity contribution in [3.8, 4) is 5.75 Å². The van der Waals surface area contributed by atoms with Crippen LogP contribution in [0.5, 0.6) is 5.75 Å². The Bertz CT molecular complexity index is 885. The number of furan rings is 1. The lowest BCUT2D eigenvalue weighted by atomic mass is 9.86. The Balaban J connectivity index is 1.66. The first-order valence-electron chi connectivity index (χ1n) is 9.15. The van der Waals surface area contributed by atoms with Crippen LogP contribution >= 0.6 is 0 Å². The first-order valence-corrected chi connectivity index (χ1v) is 10.8. The maximum Gasteiger partial charge on any atom is 0.287 e. The van der Waals surface area contributed by atoms with Crippen molar-refractivity contribution in [3.63, 3.8) is 0 Å². The van der Waals surface area contributed by atoms with Crippen LogP contribution in [0, 0.1) is 5.92 Å². The van der Waals surface area contributed by atoms with E-state index in [4.69, 9.17) is 9.15 Å². The Labute approximate surface area is 159 Å². The number of nitrogens with one attached hydrogen (secondary N) is 1.